The summed E-state index contributed by atoms with van der Waals surface area (Å²) in [6, 6.07) is 15.2. The third-order valence-corrected chi connectivity index (χ3v) is 14.0. The van der Waals surface area contributed by atoms with E-state index in [1.54, 1.807) is 17.2 Å². The van der Waals surface area contributed by atoms with Crippen LogP contribution in [0.2, 0.25) is 0 Å². The average molecular weight is 1040 g/mol. The summed E-state index contributed by atoms with van der Waals surface area (Å²) >= 11 is 1.33. The number of carbonyl (C=O) groups excluding carboxylic acids is 4. The Balaban J connectivity index is 1.51. The molecule has 7 atom stereocenters. The molecule has 19 heteroatoms. The normalized spacial score (nSPS) is 16.3. The Bertz CT molecular complexity index is 2120. The average Bonchev–Trinajstić information content (AvgIpc) is 3.89. The molecule has 1 aromatic heterocycles. The first kappa shape index (κ1) is 60.4. The van der Waals surface area contributed by atoms with Crippen molar-refractivity contribution in [2.24, 2.45) is 22.9 Å². The summed E-state index contributed by atoms with van der Waals surface area (Å²) < 4.78 is 35.0. The van der Waals surface area contributed by atoms with Gasteiger partial charge in [0.1, 0.15) is 48.5 Å². The maximum atomic E-state index is 14.9. The van der Waals surface area contributed by atoms with Gasteiger partial charge in [-0.2, -0.15) is 0 Å². The van der Waals surface area contributed by atoms with Gasteiger partial charge >= 0.3 is 5.97 Å². The second-order valence-electron chi connectivity index (χ2n) is 19.0. The molecule has 1 saturated heterocycles. The van der Waals surface area contributed by atoms with E-state index in [2.05, 4.69) is 39.4 Å². The van der Waals surface area contributed by atoms with Crippen LogP contribution in [0.5, 0.6) is 5.75 Å². The first-order valence-electron chi connectivity index (χ1n) is 26.1. The molecule has 73 heavy (non-hydrogen) atoms. The number of aromatic nitrogens is 1. The number of esters is 1. The Morgan fingerprint density at radius 2 is 1.62 bits per heavy atom. The molecule has 1 unspecified atom stereocenters. The molecule has 3 amide bonds. The van der Waals surface area contributed by atoms with Crippen molar-refractivity contribution in [1.82, 2.24) is 25.4 Å². The molecule has 0 saturated carbocycles. The number of rotatable bonds is 35. The lowest BCUT2D eigenvalue weighted by Gasteiger charge is -2.40. The van der Waals surface area contributed by atoms with E-state index in [0.717, 1.165) is 43.4 Å². The maximum absolute atomic E-state index is 14.9. The van der Waals surface area contributed by atoms with Crippen LogP contribution in [0.3, 0.4) is 0 Å². The number of piperidine rings is 1. The quantitative estimate of drug-likeness (QED) is 0.0141. The van der Waals surface area contributed by atoms with Crippen molar-refractivity contribution >= 4 is 35.0 Å². The lowest BCUT2D eigenvalue weighted by atomic mass is 9.92. The van der Waals surface area contributed by atoms with Gasteiger partial charge in [0.15, 0.2) is 0 Å². The highest BCUT2D eigenvalue weighted by Crippen LogP contribution is 2.32. The Morgan fingerprint density at radius 1 is 0.890 bits per heavy atom. The molecule has 0 spiro atoms. The predicted octanol–water partition coefficient (Wildman–Crippen LogP) is 8.70. The number of amides is 3. The molecule has 4 rings (SSSR count). The highest BCUT2D eigenvalue weighted by Gasteiger charge is 2.39. The van der Waals surface area contributed by atoms with Crippen molar-refractivity contribution in [2.75, 3.05) is 73.1 Å². The van der Waals surface area contributed by atoms with Crippen LogP contribution in [0.25, 0.3) is 10.4 Å². The molecule has 404 valence electrons. The van der Waals surface area contributed by atoms with Gasteiger partial charge in [0, 0.05) is 48.6 Å². The van der Waals surface area contributed by atoms with Gasteiger partial charge in [0.25, 0.3) is 5.91 Å². The highest BCUT2D eigenvalue weighted by molar-refractivity contribution is 7.09. The van der Waals surface area contributed by atoms with Gasteiger partial charge in [-0.1, -0.05) is 102 Å². The van der Waals surface area contributed by atoms with E-state index < -0.39 is 30.0 Å². The van der Waals surface area contributed by atoms with Crippen LogP contribution in [-0.2, 0) is 51.1 Å². The number of azide groups is 1. The Morgan fingerprint density at radius 3 is 2.29 bits per heavy atom. The molecular formula is C54H82N8O10S. The molecule has 1 aliphatic heterocycles. The molecule has 0 bridgehead atoms. The fraction of sp³-hybridized carbons (Fsp3) is 0.648. The topological polar surface area (TPSA) is 216 Å². The molecule has 0 radical (unpaired) electrons. The van der Waals surface area contributed by atoms with Crippen molar-refractivity contribution in [3.63, 3.8) is 0 Å². The standard InChI is InChI=1S/C54H82N8O10S/c1-9-26-71-48(34-47(38(4)5)62(37-67-11-3)53(65)49(39(6)10-2)59-51(64)46-19-15-16-25-61(46)8)52-58-45(36-73-52)50(63)57-43(32-40(7)54(66)72-35-42-17-13-12-14-18-42)33-41-20-22-44(23-21-41)70-31-30-69-29-28-68-27-24-56-60-55/h12-14,17-18,20-23,36,38-40,43,46-49H,9-11,15-16,19,24-35,37H2,1-8H3,(H,57,63)(H,59,64)/t39-,40-,43+,46?,47+,48+,49-/m0/s1. The summed E-state index contributed by atoms with van der Waals surface area (Å²) in [7, 11) is 1.96. The van der Waals surface area contributed by atoms with Gasteiger partial charge in [0.2, 0.25) is 11.8 Å². The number of thiazole rings is 1. The lowest BCUT2D eigenvalue weighted by molar-refractivity contribution is -0.150. The number of nitrogens with one attached hydrogen (secondary N) is 2. The van der Waals surface area contributed by atoms with Crippen molar-refractivity contribution in [1.29, 1.82) is 0 Å². The third kappa shape index (κ3) is 21.0. The Labute approximate surface area is 437 Å². The number of benzene rings is 2. The predicted molar refractivity (Wildman–Crippen MR) is 282 cm³/mol. The second-order valence-corrected chi connectivity index (χ2v) is 19.9. The molecule has 2 aromatic carbocycles. The van der Waals surface area contributed by atoms with Gasteiger partial charge < -0.3 is 44.0 Å². The number of hydrogen-bond donors (Lipinski definition) is 2. The summed E-state index contributed by atoms with van der Waals surface area (Å²) in [5.74, 6) is -1.14. The molecule has 0 aliphatic carbocycles. The minimum Gasteiger partial charge on any atom is -0.491 e. The Hall–Kier alpha value is -5.14. The first-order chi connectivity index (χ1) is 35.3. The summed E-state index contributed by atoms with van der Waals surface area (Å²) in [6.45, 7) is 17.8. The van der Waals surface area contributed by atoms with E-state index >= 15 is 0 Å². The number of hydrogen-bond acceptors (Lipinski definition) is 14. The fourth-order valence-corrected chi connectivity index (χ4v) is 9.45. The summed E-state index contributed by atoms with van der Waals surface area (Å²) in [6.07, 6.45) is 4.74. The van der Waals surface area contributed by atoms with Gasteiger partial charge in [0.05, 0.1) is 38.4 Å². The molecule has 1 fully saturated rings. The van der Waals surface area contributed by atoms with Crippen LogP contribution < -0.4 is 15.4 Å². The van der Waals surface area contributed by atoms with Crippen LogP contribution in [0.15, 0.2) is 65.1 Å². The molecule has 18 nitrogen and oxygen atoms in total. The number of likely N-dealkylation sites (N-methyl/N-ethyl adjacent to an activating group) is 1. The Kier molecular flexibility index (Phi) is 27.8. The molecule has 1 aliphatic rings. The summed E-state index contributed by atoms with van der Waals surface area (Å²) in [4.78, 5) is 67.6. The highest BCUT2D eigenvalue weighted by atomic mass is 32.1. The van der Waals surface area contributed by atoms with E-state index in [0.29, 0.717) is 82.7 Å². The van der Waals surface area contributed by atoms with Crippen molar-refractivity contribution < 1.29 is 47.6 Å². The van der Waals surface area contributed by atoms with Gasteiger partial charge in [-0.3, -0.25) is 24.1 Å². The number of likely N-dealkylation sites (tertiary alicyclic amines) is 1. The SMILES string of the molecule is CCCO[C@H](C[C@H](C(C)C)N(COCC)C(=O)[C@@H](NC(=O)C1CCCCN1C)[C@@H](C)CC)c1nc(C(=O)N[C@@H](Cc2ccc(OCCOCCOCCN=[N+]=[N-])cc2)C[C@H](C)C(=O)OCc2ccccc2)cs1. The van der Waals surface area contributed by atoms with E-state index in [1.807, 2.05) is 89.3 Å². The van der Waals surface area contributed by atoms with Gasteiger partial charge in [-0.05, 0) is 93.2 Å². The zero-order valence-electron chi connectivity index (χ0n) is 44.5. The van der Waals surface area contributed by atoms with Crippen LogP contribution >= 0.6 is 11.3 Å². The number of ether oxygens (including phenoxy) is 6. The van der Waals surface area contributed by atoms with Crippen LogP contribution in [-0.4, -0.2) is 136 Å². The van der Waals surface area contributed by atoms with E-state index in [-0.39, 0.29) is 67.3 Å². The minimum absolute atomic E-state index is 0.0336. The smallest absolute Gasteiger partial charge is 0.309 e. The maximum Gasteiger partial charge on any atom is 0.309 e. The molecule has 2 heterocycles. The van der Waals surface area contributed by atoms with Crippen molar-refractivity contribution in [2.45, 2.75) is 137 Å². The number of carbonyl (C=O) groups is 4. The zero-order valence-corrected chi connectivity index (χ0v) is 45.3. The zero-order chi connectivity index (χ0) is 53.0. The van der Waals surface area contributed by atoms with Crippen LogP contribution in [0.1, 0.15) is 126 Å². The minimum atomic E-state index is -0.751. The fourth-order valence-electron chi connectivity index (χ4n) is 8.59. The summed E-state index contributed by atoms with van der Waals surface area (Å²) in [5.41, 5.74) is 10.4. The first-order valence-corrected chi connectivity index (χ1v) is 27.0. The van der Waals surface area contributed by atoms with Crippen molar-refractivity contribution in [3.8, 4) is 5.75 Å². The molecular weight excluding hydrogens is 953 g/mol. The largest absolute Gasteiger partial charge is 0.491 e. The number of nitrogens with zero attached hydrogens (tertiary/aromatic N) is 6. The van der Waals surface area contributed by atoms with Crippen LogP contribution in [0.4, 0.5) is 0 Å². The second kappa shape index (κ2) is 33.6. The van der Waals surface area contributed by atoms with E-state index in [1.165, 1.54) is 11.3 Å². The van der Waals surface area contributed by atoms with Gasteiger partial charge in [-0.25, -0.2) is 4.98 Å². The third-order valence-electron chi connectivity index (χ3n) is 13.0. The molecule has 3 aromatic rings. The van der Waals surface area contributed by atoms with E-state index in [4.69, 9.17) is 38.9 Å². The van der Waals surface area contributed by atoms with E-state index in [9.17, 15) is 19.2 Å². The van der Waals surface area contributed by atoms with Gasteiger partial charge in [-0.15, -0.1) is 11.3 Å². The monoisotopic (exact) mass is 1030 g/mol. The lowest BCUT2D eigenvalue weighted by Crippen LogP contribution is -2.59. The van der Waals surface area contributed by atoms with Crippen LogP contribution in [0, 0.1) is 17.8 Å². The summed E-state index contributed by atoms with van der Waals surface area (Å²) in [5, 5.41) is 12.1. The molecule has 2 N–H and O–H groups in total. The van der Waals surface area contributed by atoms with Crippen molar-refractivity contribution in [3.05, 3.63) is 92.2 Å².